The van der Waals surface area contributed by atoms with Crippen molar-refractivity contribution in [3.05, 3.63) is 59.4 Å². The van der Waals surface area contributed by atoms with E-state index in [1.54, 1.807) is 23.1 Å². The maximum Gasteiger partial charge on any atom is 0.309 e. The van der Waals surface area contributed by atoms with Crippen molar-refractivity contribution >= 4 is 16.0 Å². The van der Waals surface area contributed by atoms with Crippen LogP contribution in [-0.4, -0.2) is 38.1 Å². The van der Waals surface area contributed by atoms with Gasteiger partial charge in [-0.1, -0.05) is 25.1 Å². The van der Waals surface area contributed by atoms with E-state index in [9.17, 15) is 17.6 Å². The van der Waals surface area contributed by atoms with E-state index in [-0.39, 0.29) is 35.4 Å². The summed E-state index contributed by atoms with van der Waals surface area (Å²) < 4.78 is 48.2. The Bertz CT molecular complexity index is 961. The van der Waals surface area contributed by atoms with Crippen LogP contribution in [0.15, 0.2) is 42.5 Å². The van der Waals surface area contributed by atoms with Gasteiger partial charge in [0, 0.05) is 12.6 Å². The summed E-state index contributed by atoms with van der Waals surface area (Å²) >= 11 is 0. The normalized spacial score (nSPS) is 12.3. The van der Waals surface area contributed by atoms with Crippen LogP contribution >= 0.6 is 0 Å². The van der Waals surface area contributed by atoms with E-state index in [1.807, 2.05) is 13.8 Å². The zero-order chi connectivity index (χ0) is 21.6. The molecule has 1 atom stereocenters. The van der Waals surface area contributed by atoms with Crippen molar-refractivity contribution in [2.75, 3.05) is 12.9 Å². The first kappa shape index (κ1) is 22.7. The van der Waals surface area contributed by atoms with Gasteiger partial charge in [-0.15, -0.1) is 0 Å². The number of hydrogen-bond acceptors (Lipinski definition) is 5. The zero-order valence-corrected chi connectivity index (χ0v) is 17.8. The molecule has 0 heterocycles. The van der Waals surface area contributed by atoms with Gasteiger partial charge in [0.1, 0.15) is 5.82 Å². The standard InChI is InChI=1S/C21H26FNO5S/c1-5-15(3)23(21(24)17-9-7-8-10-18(17)22)14-16-11-12-19(27-4)20(13-16)28-29(25,26)6-2/h7-13,15H,5-6,14H2,1-4H3/t15-/m1/s1. The lowest BCUT2D eigenvalue weighted by atomic mass is 10.1. The first-order valence-electron chi connectivity index (χ1n) is 9.37. The van der Waals surface area contributed by atoms with Gasteiger partial charge in [-0.25, -0.2) is 4.39 Å². The molecule has 0 N–H and O–H groups in total. The van der Waals surface area contributed by atoms with E-state index in [2.05, 4.69) is 0 Å². The van der Waals surface area contributed by atoms with Crippen LogP contribution in [0.25, 0.3) is 0 Å². The Labute approximate surface area is 171 Å². The molecule has 158 valence electrons. The van der Waals surface area contributed by atoms with E-state index < -0.39 is 21.8 Å². The third kappa shape index (κ3) is 5.69. The van der Waals surface area contributed by atoms with Crippen LogP contribution in [0.2, 0.25) is 0 Å². The van der Waals surface area contributed by atoms with E-state index in [0.717, 1.165) is 0 Å². The molecule has 1 amide bonds. The van der Waals surface area contributed by atoms with Gasteiger partial charge in [-0.05, 0) is 50.1 Å². The van der Waals surface area contributed by atoms with Crippen LogP contribution in [-0.2, 0) is 16.7 Å². The molecule has 0 unspecified atom stereocenters. The van der Waals surface area contributed by atoms with Gasteiger partial charge >= 0.3 is 10.1 Å². The molecule has 2 aromatic rings. The number of carbonyl (C=O) groups excluding carboxylic acids is 1. The largest absolute Gasteiger partial charge is 0.493 e. The third-order valence-corrected chi connectivity index (χ3v) is 5.78. The second kappa shape index (κ2) is 9.73. The summed E-state index contributed by atoms with van der Waals surface area (Å²) in [6.07, 6.45) is 0.671. The molecule has 0 saturated carbocycles. The minimum absolute atomic E-state index is 0.00801. The second-order valence-electron chi connectivity index (χ2n) is 6.59. The SMILES string of the molecule is CC[C@@H](C)N(Cc1ccc(OC)c(OS(=O)(=O)CC)c1)C(=O)c1ccccc1F. The molecular weight excluding hydrogens is 397 g/mol. The average molecular weight is 424 g/mol. The number of carbonyl (C=O) groups is 1. The summed E-state index contributed by atoms with van der Waals surface area (Å²) in [6, 6.07) is 10.5. The van der Waals surface area contributed by atoms with Crippen molar-refractivity contribution < 1.29 is 26.5 Å². The van der Waals surface area contributed by atoms with Crippen molar-refractivity contribution in [2.24, 2.45) is 0 Å². The summed E-state index contributed by atoms with van der Waals surface area (Å²) in [5.74, 6) is -0.892. The predicted molar refractivity (Wildman–Crippen MR) is 109 cm³/mol. The molecule has 0 spiro atoms. The van der Waals surface area contributed by atoms with Crippen molar-refractivity contribution in [3.63, 3.8) is 0 Å². The number of ether oxygens (including phenoxy) is 1. The highest BCUT2D eigenvalue weighted by Crippen LogP contribution is 2.30. The predicted octanol–water partition coefficient (Wildman–Crippen LogP) is 4.00. The lowest BCUT2D eigenvalue weighted by molar-refractivity contribution is 0.0666. The summed E-state index contributed by atoms with van der Waals surface area (Å²) in [5.41, 5.74) is 0.628. The van der Waals surface area contributed by atoms with Crippen LogP contribution in [0.5, 0.6) is 11.5 Å². The van der Waals surface area contributed by atoms with Crippen LogP contribution in [0.3, 0.4) is 0 Å². The number of rotatable bonds is 9. The first-order valence-corrected chi connectivity index (χ1v) is 10.9. The number of benzene rings is 2. The molecule has 0 aliphatic rings. The van der Waals surface area contributed by atoms with E-state index in [4.69, 9.17) is 8.92 Å². The van der Waals surface area contributed by atoms with Crippen LogP contribution in [0.4, 0.5) is 4.39 Å². The van der Waals surface area contributed by atoms with Crippen LogP contribution in [0.1, 0.15) is 43.1 Å². The molecule has 8 heteroatoms. The van der Waals surface area contributed by atoms with Crippen molar-refractivity contribution in [2.45, 2.75) is 39.8 Å². The Hall–Kier alpha value is -2.61. The molecule has 29 heavy (non-hydrogen) atoms. The van der Waals surface area contributed by atoms with Crippen molar-refractivity contribution in [1.82, 2.24) is 4.90 Å². The molecule has 2 aromatic carbocycles. The van der Waals surface area contributed by atoms with Gasteiger partial charge in [0.2, 0.25) is 0 Å². The molecule has 6 nitrogen and oxygen atoms in total. The fourth-order valence-corrected chi connectivity index (χ4v) is 3.24. The maximum atomic E-state index is 14.1. The topological polar surface area (TPSA) is 72.9 Å². The lowest BCUT2D eigenvalue weighted by Crippen LogP contribution is -2.38. The minimum Gasteiger partial charge on any atom is -0.493 e. The molecule has 0 aromatic heterocycles. The van der Waals surface area contributed by atoms with Crippen molar-refractivity contribution in [1.29, 1.82) is 0 Å². The Balaban J connectivity index is 2.39. The van der Waals surface area contributed by atoms with Crippen molar-refractivity contribution in [3.8, 4) is 11.5 Å². The number of methoxy groups -OCH3 is 1. The highest BCUT2D eigenvalue weighted by molar-refractivity contribution is 7.87. The van der Waals surface area contributed by atoms with Gasteiger partial charge in [0.05, 0.1) is 18.4 Å². The second-order valence-corrected chi connectivity index (χ2v) is 8.44. The Morgan fingerprint density at radius 3 is 2.41 bits per heavy atom. The number of hydrogen-bond donors (Lipinski definition) is 0. The van der Waals surface area contributed by atoms with Gasteiger partial charge < -0.3 is 13.8 Å². The summed E-state index contributed by atoms with van der Waals surface area (Å²) in [6.45, 7) is 5.45. The summed E-state index contributed by atoms with van der Waals surface area (Å²) in [7, 11) is -2.34. The molecule has 0 radical (unpaired) electrons. The quantitative estimate of drug-likeness (QED) is 0.570. The average Bonchev–Trinajstić information content (AvgIpc) is 2.71. The lowest BCUT2D eigenvalue weighted by Gasteiger charge is -2.29. The Kier molecular flexibility index (Phi) is 7.61. The van der Waals surface area contributed by atoms with Crippen LogP contribution in [0, 0.1) is 5.82 Å². The van der Waals surface area contributed by atoms with Crippen LogP contribution < -0.4 is 8.92 Å². The minimum atomic E-state index is -3.75. The maximum absolute atomic E-state index is 14.1. The monoisotopic (exact) mass is 423 g/mol. The Morgan fingerprint density at radius 1 is 1.14 bits per heavy atom. The molecule has 0 fully saturated rings. The third-order valence-electron chi connectivity index (χ3n) is 4.64. The fourth-order valence-electron chi connectivity index (χ4n) is 2.71. The molecule has 0 bridgehead atoms. The highest BCUT2D eigenvalue weighted by atomic mass is 32.2. The van der Waals surface area contributed by atoms with E-state index in [0.29, 0.717) is 12.0 Å². The molecule has 0 saturated heterocycles. The Morgan fingerprint density at radius 2 is 1.83 bits per heavy atom. The molecule has 0 aliphatic heterocycles. The summed E-state index contributed by atoms with van der Waals surface area (Å²) in [4.78, 5) is 14.5. The number of halogens is 1. The van der Waals surface area contributed by atoms with E-state index in [1.165, 1.54) is 38.3 Å². The first-order chi connectivity index (χ1) is 13.7. The summed E-state index contributed by atoms with van der Waals surface area (Å²) in [5, 5.41) is 0. The van der Waals surface area contributed by atoms with Gasteiger partial charge in [-0.3, -0.25) is 4.79 Å². The smallest absolute Gasteiger partial charge is 0.309 e. The van der Waals surface area contributed by atoms with Gasteiger partial charge in [0.15, 0.2) is 11.5 Å². The van der Waals surface area contributed by atoms with Gasteiger partial charge in [-0.2, -0.15) is 8.42 Å². The fraction of sp³-hybridized carbons (Fsp3) is 0.381. The molecular formula is C21H26FNO5S. The highest BCUT2D eigenvalue weighted by Gasteiger charge is 2.24. The molecule has 2 rings (SSSR count). The molecule has 0 aliphatic carbocycles. The number of nitrogens with zero attached hydrogens (tertiary/aromatic N) is 1. The van der Waals surface area contributed by atoms with E-state index >= 15 is 0 Å². The zero-order valence-electron chi connectivity index (χ0n) is 17.0. The van der Waals surface area contributed by atoms with Gasteiger partial charge in [0.25, 0.3) is 5.91 Å². The number of amides is 1.